The highest BCUT2D eigenvalue weighted by Gasteiger charge is 2.12. The minimum Gasteiger partial charge on any atom is -0.489 e. The second-order valence-corrected chi connectivity index (χ2v) is 6.16. The number of amides is 1. The van der Waals surface area contributed by atoms with Gasteiger partial charge in [-0.1, -0.05) is 42.5 Å². The highest BCUT2D eigenvalue weighted by atomic mass is 16.5. The fourth-order valence-corrected chi connectivity index (χ4v) is 2.82. The number of carbonyl (C=O) groups is 1. The summed E-state index contributed by atoms with van der Waals surface area (Å²) in [4.78, 5) is 12.2. The quantitative estimate of drug-likeness (QED) is 0.803. The number of hydrogen-bond acceptors (Lipinski definition) is 2. The van der Waals surface area contributed by atoms with Crippen molar-refractivity contribution in [3.8, 4) is 5.75 Å². The first-order chi connectivity index (χ1) is 11.8. The third kappa shape index (κ3) is 4.72. The van der Waals surface area contributed by atoms with E-state index in [1.54, 1.807) is 0 Å². The predicted molar refractivity (Wildman–Crippen MR) is 96.0 cm³/mol. The lowest BCUT2D eigenvalue weighted by Crippen LogP contribution is -2.29. The molecule has 0 fully saturated rings. The van der Waals surface area contributed by atoms with Crippen LogP contribution >= 0.6 is 0 Å². The van der Waals surface area contributed by atoms with Crippen LogP contribution in [0.4, 0.5) is 0 Å². The van der Waals surface area contributed by atoms with E-state index in [1.807, 2.05) is 54.6 Å². The maximum Gasteiger partial charge on any atom is 0.251 e. The van der Waals surface area contributed by atoms with E-state index in [2.05, 4.69) is 17.5 Å². The molecule has 1 aliphatic carbocycles. The normalized spacial score (nSPS) is 16.6. The van der Waals surface area contributed by atoms with Crippen molar-refractivity contribution in [1.29, 1.82) is 0 Å². The Balaban J connectivity index is 1.48. The van der Waals surface area contributed by atoms with E-state index in [0.29, 0.717) is 18.1 Å². The number of ether oxygens (including phenoxy) is 1. The third-order valence-electron chi connectivity index (χ3n) is 4.29. The van der Waals surface area contributed by atoms with Gasteiger partial charge in [-0.2, -0.15) is 0 Å². The molecule has 0 radical (unpaired) electrons. The zero-order valence-corrected chi connectivity index (χ0v) is 13.8. The number of rotatable bonds is 6. The second kappa shape index (κ2) is 8.34. The van der Waals surface area contributed by atoms with Crippen molar-refractivity contribution < 1.29 is 9.53 Å². The Morgan fingerprint density at radius 2 is 1.83 bits per heavy atom. The number of allylic oxidation sites excluding steroid dienone is 2. The molecule has 3 heteroatoms. The Bertz CT molecular complexity index is 677. The highest BCUT2D eigenvalue weighted by Crippen LogP contribution is 2.18. The van der Waals surface area contributed by atoms with Gasteiger partial charge >= 0.3 is 0 Å². The summed E-state index contributed by atoms with van der Waals surface area (Å²) < 4.78 is 5.74. The summed E-state index contributed by atoms with van der Waals surface area (Å²) in [5.41, 5.74) is 1.80. The summed E-state index contributed by atoms with van der Waals surface area (Å²) in [6, 6.07) is 17.4. The molecule has 0 bridgehead atoms. The lowest BCUT2D eigenvalue weighted by molar-refractivity contribution is 0.0946. The number of benzene rings is 2. The molecule has 1 unspecified atom stereocenters. The summed E-state index contributed by atoms with van der Waals surface area (Å²) in [5.74, 6) is 1.32. The Hall–Kier alpha value is -2.55. The molecule has 24 heavy (non-hydrogen) atoms. The van der Waals surface area contributed by atoms with E-state index >= 15 is 0 Å². The molecule has 124 valence electrons. The molecule has 3 nitrogen and oxygen atoms in total. The molecule has 2 aromatic rings. The molecule has 3 rings (SSSR count). The van der Waals surface area contributed by atoms with Crippen LogP contribution in [0.1, 0.15) is 35.2 Å². The van der Waals surface area contributed by atoms with Gasteiger partial charge in [0.2, 0.25) is 0 Å². The molecule has 1 N–H and O–H groups in total. The molecule has 1 amide bonds. The van der Waals surface area contributed by atoms with Gasteiger partial charge in [-0.25, -0.2) is 0 Å². The number of carbonyl (C=O) groups excluding carboxylic acids is 1. The highest BCUT2D eigenvalue weighted by molar-refractivity contribution is 5.94. The van der Waals surface area contributed by atoms with E-state index in [-0.39, 0.29) is 5.91 Å². The Kier molecular flexibility index (Phi) is 5.67. The van der Waals surface area contributed by atoms with Crippen molar-refractivity contribution in [1.82, 2.24) is 5.32 Å². The third-order valence-corrected chi connectivity index (χ3v) is 4.29. The molecule has 0 saturated carbocycles. The lowest BCUT2D eigenvalue weighted by atomic mass is 9.94. The van der Waals surface area contributed by atoms with Crippen molar-refractivity contribution >= 4 is 5.91 Å². The van der Waals surface area contributed by atoms with Crippen molar-refractivity contribution in [3.63, 3.8) is 0 Å². The molecule has 1 atom stereocenters. The van der Waals surface area contributed by atoms with E-state index in [1.165, 1.54) is 0 Å². The van der Waals surface area contributed by atoms with Gasteiger partial charge in [-0.05, 0) is 55.0 Å². The fourth-order valence-electron chi connectivity index (χ4n) is 2.82. The number of hydrogen-bond donors (Lipinski definition) is 1. The first-order valence-electron chi connectivity index (χ1n) is 8.51. The van der Waals surface area contributed by atoms with Crippen molar-refractivity contribution in [2.24, 2.45) is 5.92 Å². The monoisotopic (exact) mass is 321 g/mol. The Morgan fingerprint density at radius 1 is 1.04 bits per heavy atom. The van der Waals surface area contributed by atoms with Crippen LogP contribution in [0.2, 0.25) is 0 Å². The summed E-state index contributed by atoms with van der Waals surface area (Å²) in [5, 5.41) is 3.03. The molecule has 0 saturated heterocycles. The van der Waals surface area contributed by atoms with E-state index < -0.39 is 0 Å². The summed E-state index contributed by atoms with van der Waals surface area (Å²) in [6.45, 7) is 1.27. The van der Waals surface area contributed by atoms with Crippen molar-refractivity contribution in [2.45, 2.75) is 25.9 Å². The summed E-state index contributed by atoms with van der Waals surface area (Å²) in [7, 11) is 0. The van der Waals surface area contributed by atoms with E-state index in [0.717, 1.165) is 37.1 Å². The molecule has 1 aliphatic rings. The average Bonchev–Trinajstić information content (AvgIpc) is 2.66. The maximum absolute atomic E-state index is 12.2. The predicted octanol–water partition coefficient (Wildman–Crippen LogP) is 4.35. The van der Waals surface area contributed by atoms with Gasteiger partial charge < -0.3 is 10.1 Å². The zero-order chi connectivity index (χ0) is 16.6. The van der Waals surface area contributed by atoms with Crippen LogP contribution in [0.25, 0.3) is 0 Å². The molecule has 0 aliphatic heterocycles. The molecule has 0 spiro atoms. The topological polar surface area (TPSA) is 38.3 Å². The van der Waals surface area contributed by atoms with Crippen molar-refractivity contribution in [3.05, 3.63) is 77.9 Å². The van der Waals surface area contributed by atoms with Gasteiger partial charge in [-0.15, -0.1) is 0 Å². The van der Waals surface area contributed by atoms with Crippen LogP contribution < -0.4 is 10.1 Å². The van der Waals surface area contributed by atoms with Gasteiger partial charge in [0.15, 0.2) is 0 Å². The molecule has 0 aromatic heterocycles. The van der Waals surface area contributed by atoms with Crippen LogP contribution in [-0.2, 0) is 6.61 Å². The lowest BCUT2D eigenvalue weighted by Gasteiger charge is -2.18. The zero-order valence-electron chi connectivity index (χ0n) is 13.8. The van der Waals surface area contributed by atoms with Crippen LogP contribution in [0, 0.1) is 5.92 Å². The molecule has 2 aromatic carbocycles. The first-order valence-corrected chi connectivity index (χ1v) is 8.51. The average molecular weight is 321 g/mol. The first kappa shape index (κ1) is 16.3. The van der Waals surface area contributed by atoms with Crippen molar-refractivity contribution in [2.75, 3.05) is 6.54 Å². The SMILES string of the molecule is O=C(NCC1CC=CCC1)c1ccc(OCc2ccccc2)cc1. The largest absolute Gasteiger partial charge is 0.489 e. The molecular formula is C21H23NO2. The van der Waals surface area contributed by atoms with E-state index in [4.69, 9.17) is 4.74 Å². The summed E-state index contributed by atoms with van der Waals surface area (Å²) >= 11 is 0. The van der Waals surface area contributed by atoms with Crippen LogP contribution in [-0.4, -0.2) is 12.5 Å². The van der Waals surface area contributed by atoms with Gasteiger partial charge in [-0.3, -0.25) is 4.79 Å². The van der Waals surface area contributed by atoms with Gasteiger partial charge in [0.1, 0.15) is 12.4 Å². The maximum atomic E-state index is 12.2. The minimum atomic E-state index is -0.0147. The Labute approximate surface area is 143 Å². The van der Waals surface area contributed by atoms with Gasteiger partial charge in [0, 0.05) is 12.1 Å². The van der Waals surface area contributed by atoms with E-state index in [9.17, 15) is 4.79 Å². The number of nitrogens with one attached hydrogen (secondary N) is 1. The van der Waals surface area contributed by atoms with Crippen LogP contribution in [0.15, 0.2) is 66.7 Å². The second-order valence-electron chi connectivity index (χ2n) is 6.16. The van der Waals surface area contributed by atoms with Gasteiger partial charge in [0.05, 0.1) is 0 Å². The van der Waals surface area contributed by atoms with Crippen LogP contribution in [0.5, 0.6) is 5.75 Å². The Morgan fingerprint density at radius 3 is 2.54 bits per heavy atom. The van der Waals surface area contributed by atoms with Gasteiger partial charge in [0.25, 0.3) is 5.91 Å². The van der Waals surface area contributed by atoms with Crippen LogP contribution in [0.3, 0.4) is 0 Å². The molecular weight excluding hydrogens is 298 g/mol. The summed E-state index contributed by atoms with van der Waals surface area (Å²) in [6.07, 6.45) is 7.76. The molecule has 0 heterocycles. The standard InChI is InChI=1S/C21H23NO2/c23-21(22-15-17-7-3-1-4-8-17)19-11-13-20(14-12-19)24-16-18-9-5-2-6-10-18/h1-3,5-6,9-14,17H,4,7-8,15-16H2,(H,22,23). The smallest absolute Gasteiger partial charge is 0.251 e. The minimum absolute atomic E-state index is 0.0147. The fraction of sp³-hybridized carbons (Fsp3) is 0.286.